The van der Waals surface area contributed by atoms with E-state index >= 15 is 0 Å². The molecule has 2 heterocycles. The highest BCUT2D eigenvalue weighted by Gasteiger charge is 2.30. The highest BCUT2D eigenvalue weighted by atomic mass is 32.2. The van der Waals surface area contributed by atoms with Crippen molar-refractivity contribution < 1.29 is 27.2 Å². The van der Waals surface area contributed by atoms with Crippen molar-refractivity contribution in [1.82, 2.24) is 20.1 Å². The first-order chi connectivity index (χ1) is 14.8. The molecule has 0 aliphatic carbocycles. The zero-order valence-corrected chi connectivity index (χ0v) is 17.1. The van der Waals surface area contributed by atoms with Crippen LogP contribution in [0.2, 0.25) is 0 Å². The third-order valence-corrected chi connectivity index (χ3v) is 5.03. The Hall–Kier alpha value is -3.28. The monoisotopic (exact) mass is 453 g/mol. The Labute approximate surface area is 179 Å². The Bertz CT molecular complexity index is 1050. The fraction of sp³-hybridized carbons (Fsp3) is 0.263. The van der Waals surface area contributed by atoms with E-state index in [-0.39, 0.29) is 23.7 Å². The second-order valence-electron chi connectivity index (χ2n) is 6.22. The largest absolute Gasteiger partial charge is 0.459 e. The van der Waals surface area contributed by atoms with Crippen LogP contribution in [0, 0.1) is 0 Å². The molecule has 2 amide bonds. The van der Waals surface area contributed by atoms with Crippen LogP contribution in [-0.4, -0.2) is 32.3 Å². The molecule has 0 aliphatic heterocycles. The van der Waals surface area contributed by atoms with E-state index in [1.807, 2.05) is 6.92 Å². The number of halogens is 3. The molecule has 0 saturated heterocycles. The van der Waals surface area contributed by atoms with Gasteiger partial charge >= 0.3 is 6.18 Å². The molecule has 3 rings (SSSR count). The van der Waals surface area contributed by atoms with Gasteiger partial charge in [0.2, 0.25) is 5.91 Å². The second kappa shape index (κ2) is 9.69. The van der Waals surface area contributed by atoms with Gasteiger partial charge in [0.25, 0.3) is 5.91 Å². The number of hydrogen-bond donors (Lipinski definition) is 2. The van der Waals surface area contributed by atoms with Crippen molar-refractivity contribution in [3.63, 3.8) is 0 Å². The number of nitrogens with one attached hydrogen (secondary N) is 2. The molecule has 3 aromatic rings. The average molecular weight is 453 g/mol. The van der Waals surface area contributed by atoms with Gasteiger partial charge in [0.1, 0.15) is 0 Å². The molecule has 0 bridgehead atoms. The van der Waals surface area contributed by atoms with Crippen molar-refractivity contribution in [2.75, 3.05) is 11.1 Å². The summed E-state index contributed by atoms with van der Waals surface area (Å²) in [5.74, 6) is -0.299. The van der Waals surface area contributed by atoms with Crippen LogP contribution in [0.25, 0.3) is 0 Å². The molecule has 0 atom stereocenters. The molecular weight excluding hydrogens is 435 g/mol. The molecule has 2 N–H and O–H groups in total. The quantitative estimate of drug-likeness (QED) is 0.506. The van der Waals surface area contributed by atoms with Gasteiger partial charge in [0.15, 0.2) is 16.7 Å². The number of thioether (sulfide) groups is 1. The number of furan rings is 1. The van der Waals surface area contributed by atoms with Crippen LogP contribution < -0.4 is 10.6 Å². The molecule has 1 aromatic carbocycles. The highest BCUT2D eigenvalue weighted by molar-refractivity contribution is 7.99. The van der Waals surface area contributed by atoms with E-state index in [9.17, 15) is 22.8 Å². The maximum Gasteiger partial charge on any atom is 0.416 e. The normalized spacial score (nSPS) is 11.4. The summed E-state index contributed by atoms with van der Waals surface area (Å²) in [5, 5.41) is 13.6. The third-order valence-electron chi connectivity index (χ3n) is 4.07. The van der Waals surface area contributed by atoms with Gasteiger partial charge in [0.05, 0.1) is 24.1 Å². The molecule has 0 fully saturated rings. The molecular formula is C19H18F3N5O3S. The van der Waals surface area contributed by atoms with Crippen LogP contribution in [0.3, 0.4) is 0 Å². The summed E-state index contributed by atoms with van der Waals surface area (Å²) in [7, 11) is 0. The summed E-state index contributed by atoms with van der Waals surface area (Å²) in [6.45, 7) is 2.46. The van der Waals surface area contributed by atoms with Gasteiger partial charge in [-0.1, -0.05) is 17.8 Å². The van der Waals surface area contributed by atoms with Crippen molar-refractivity contribution in [3.8, 4) is 0 Å². The smallest absolute Gasteiger partial charge is 0.416 e. The molecule has 164 valence electrons. The lowest BCUT2D eigenvalue weighted by Crippen LogP contribution is -2.24. The van der Waals surface area contributed by atoms with Gasteiger partial charge in [-0.2, -0.15) is 13.2 Å². The first-order valence-corrected chi connectivity index (χ1v) is 10.1. The number of anilines is 1. The Morgan fingerprint density at radius 2 is 2.00 bits per heavy atom. The van der Waals surface area contributed by atoms with Crippen molar-refractivity contribution in [2.45, 2.75) is 31.3 Å². The average Bonchev–Trinajstić information content (AvgIpc) is 3.40. The van der Waals surface area contributed by atoms with E-state index in [1.165, 1.54) is 24.5 Å². The molecule has 0 aliphatic rings. The van der Waals surface area contributed by atoms with Crippen LogP contribution in [-0.2, 0) is 24.1 Å². The molecule has 2 aromatic heterocycles. The number of benzene rings is 1. The van der Waals surface area contributed by atoms with Crippen molar-refractivity contribution in [3.05, 3.63) is 59.8 Å². The maximum atomic E-state index is 12.8. The Morgan fingerprint density at radius 3 is 2.68 bits per heavy atom. The number of carbonyl (C=O) groups excluding carboxylic acids is 2. The lowest BCUT2D eigenvalue weighted by molar-refractivity contribution is -0.137. The number of carbonyl (C=O) groups is 2. The number of alkyl halides is 3. The van der Waals surface area contributed by atoms with E-state index in [4.69, 9.17) is 4.42 Å². The van der Waals surface area contributed by atoms with Crippen molar-refractivity contribution in [2.24, 2.45) is 0 Å². The highest BCUT2D eigenvalue weighted by Crippen LogP contribution is 2.30. The lowest BCUT2D eigenvalue weighted by atomic mass is 10.2. The minimum atomic E-state index is -4.49. The molecule has 31 heavy (non-hydrogen) atoms. The number of rotatable bonds is 8. The summed E-state index contributed by atoms with van der Waals surface area (Å²) in [5.41, 5.74) is -0.788. The lowest BCUT2D eigenvalue weighted by Gasteiger charge is -2.10. The topological polar surface area (TPSA) is 102 Å². The summed E-state index contributed by atoms with van der Waals surface area (Å²) in [6.07, 6.45) is -3.10. The number of nitrogens with zero attached hydrogens (tertiary/aromatic N) is 3. The first-order valence-electron chi connectivity index (χ1n) is 9.11. The third kappa shape index (κ3) is 5.87. The van der Waals surface area contributed by atoms with Crippen LogP contribution in [0.15, 0.2) is 52.2 Å². The van der Waals surface area contributed by atoms with Crippen molar-refractivity contribution >= 4 is 29.3 Å². The predicted octanol–water partition coefficient (Wildman–Crippen LogP) is 3.57. The fourth-order valence-corrected chi connectivity index (χ4v) is 3.45. The molecule has 12 heteroatoms. The molecule has 0 radical (unpaired) electrons. The SMILES string of the molecule is CCn1c(CNC(=O)c2ccco2)nnc1SCC(=O)Nc1cccc(C(F)(F)F)c1. The van der Waals surface area contributed by atoms with Crippen molar-refractivity contribution in [1.29, 1.82) is 0 Å². The maximum absolute atomic E-state index is 12.8. The Balaban J connectivity index is 1.56. The molecule has 0 unspecified atom stereocenters. The zero-order chi connectivity index (χ0) is 22.4. The van der Waals surface area contributed by atoms with Gasteiger partial charge in [-0.25, -0.2) is 0 Å². The molecule has 0 saturated carbocycles. The number of aromatic nitrogens is 3. The van der Waals surface area contributed by atoms with Crippen LogP contribution in [0.5, 0.6) is 0 Å². The minimum absolute atomic E-state index is 0.0544. The summed E-state index contributed by atoms with van der Waals surface area (Å²) in [6, 6.07) is 7.54. The molecule has 0 spiro atoms. The molecule has 8 nitrogen and oxygen atoms in total. The summed E-state index contributed by atoms with van der Waals surface area (Å²) < 4.78 is 45.1. The first kappa shape index (κ1) is 22.4. The standard InChI is InChI=1S/C19H18F3N5O3S/c1-2-27-15(10-23-17(29)14-7-4-8-30-14)25-26-18(27)31-11-16(28)24-13-6-3-5-12(9-13)19(20,21)22/h3-9H,2,10-11H2,1H3,(H,23,29)(H,24,28). The van der Waals surface area contributed by atoms with E-state index in [0.29, 0.717) is 17.5 Å². The summed E-state index contributed by atoms with van der Waals surface area (Å²) in [4.78, 5) is 24.1. The predicted molar refractivity (Wildman–Crippen MR) is 106 cm³/mol. The van der Waals surface area contributed by atoms with E-state index in [0.717, 1.165) is 23.9 Å². The fourth-order valence-electron chi connectivity index (χ4n) is 2.63. The summed E-state index contributed by atoms with van der Waals surface area (Å²) >= 11 is 1.09. The van der Waals surface area contributed by atoms with Gasteiger partial charge < -0.3 is 19.6 Å². The van der Waals surface area contributed by atoms with Crippen LogP contribution in [0.1, 0.15) is 28.9 Å². The van der Waals surface area contributed by atoms with E-state index in [1.54, 1.807) is 10.6 Å². The van der Waals surface area contributed by atoms with Gasteiger partial charge in [-0.3, -0.25) is 9.59 Å². The number of hydrogen-bond acceptors (Lipinski definition) is 6. The van der Waals surface area contributed by atoms with Gasteiger partial charge in [-0.15, -0.1) is 10.2 Å². The minimum Gasteiger partial charge on any atom is -0.459 e. The van der Waals surface area contributed by atoms with E-state index < -0.39 is 23.6 Å². The number of amides is 2. The van der Waals surface area contributed by atoms with Gasteiger partial charge in [0, 0.05) is 12.2 Å². The van der Waals surface area contributed by atoms with E-state index in [2.05, 4.69) is 20.8 Å². The van der Waals surface area contributed by atoms with Gasteiger partial charge in [-0.05, 0) is 37.3 Å². The van der Waals surface area contributed by atoms with Crippen LogP contribution in [0.4, 0.5) is 18.9 Å². The second-order valence-corrected chi connectivity index (χ2v) is 7.16. The van der Waals surface area contributed by atoms with Crippen LogP contribution >= 0.6 is 11.8 Å². The Morgan fingerprint density at radius 1 is 1.19 bits per heavy atom. The zero-order valence-electron chi connectivity index (χ0n) is 16.3. The Kier molecular flexibility index (Phi) is 7.00.